The first kappa shape index (κ1) is 12.2. The van der Waals surface area contributed by atoms with Crippen LogP contribution in [-0.2, 0) is 9.53 Å². The zero-order valence-electron chi connectivity index (χ0n) is 9.50. The molecule has 1 saturated heterocycles. The Morgan fingerprint density at radius 3 is 2.67 bits per heavy atom. The van der Waals surface area contributed by atoms with E-state index in [2.05, 4.69) is 0 Å². The molecule has 1 aliphatic rings. The third-order valence-electron chi connectivity index (χ3n) is 2.72. The Morgan fingerprint density at radius 1 is 1.40 bits per heavy atom. The van der Waals surface area contributed by atoms with Gasteiger partial charge in [0, 0.05) is 5.57 Å². The van der Waals surface area contributed by atoms with Gasteiger partial charge in [-0.2, -0.15) is 0 Å². The van der Waals surface area contributed by atoms with E-state index in [1.54, 1.807) is 6.92 Å². The number of hydrogen-bond acceptors (Lipinski definition) is 2. The summed E-state index contributed by atoms with van der Waals surface area (Å²) in [5.41, 5.74) is 5.80. The van der Waals surface area contributed by atoms with E-state index < -0.39 is 0 Å². The summed E-state index contributed by atoms with van der Waals surface area (Å²) in [5, 5.41) is 0. The van der Waals surface area contributed by atoms with Gasteiger partial charge in [0.05, 0.1) is 12.7 Å². The molecule has 1 aliphatic heterocycles. The number of ether oxygens (including phenoxy) is 1. The first-order valence-electron chi connectivity index (χ1n) is 5.78. The highest BCUT2D eigenvalue weighted by molar-refractivity contribution is 5.91. The molecule has 0 radical (unpaired) electrons. The topological polar surface area (TPSA) is 55.6 Å². The first-order chi connectivity index (χ1) is 7.20. The molecule has 0 saturated carbocycles. The summed E-state index contributed by atoms with van der Waals surface area (Å²) in [7, 11) is 0. The second-order valence-electron chi connectivity index (χ2n) is 4.20. The first-order valence-corrected chi connectivity index (χ1v) is 5.78. The van der Waals surface area contributed by atoms with Crippen molar-refractivity contribution >= 4 is 5.91 Å². The molecule has 1 fully saturated rings. The van der Waals surface area contributed by atoms with Crippen molar-refractivity contribution < 1.29 is 9.53 Å². The summed E-state index contributed by atoms with van der Waals surface area (Å²) in [6.07, 6.45) is 9.61. The highest BCUT2D eigenvalue weighted by Crippen LogP contribution is 2.17. The van der Waals surface area contributed by atoms with E-state index in [-0.39, 0.29) is 5.91 Å². The molecule has 86 valence electrons. The fourth-order valence-electron chi connectivity index (χ4n) is 1.52. The van der Waals surface area contributed by atoms with Crippen molar-refractivity contribution in [2.24, 2.45) is 5.73 Å². The molecule has 0 aromatic rings. The fourth-order valence-corrected chi connectivity index (χ4v) is 1.52. The van der Waals surface area contributed by atoms with Gasteiger partial charge in [-0.1, -0.05) is 25.3 Å². The lowest BCUT2D eigenvalue weighted by atomic mass is 10.1. The van der Waals surface area contributed by atoms with Crippen LogP contribution in [0.5, 0.6) is 0 Å². The molecule has 1 amide bonds. The number of unbranched alkanes of at least 4 members (excludes halogenated alkanes) is 4. The van der Waals surface area contributed by atoms with E-state index in [0.29, 0.717) is 11.7 Å². The van der Waals surface area contributed by atoms with Gasteiger partial charge in [-0.05, 0) is 26.2 Å². The minimum Gasteiger partial charge on any atom is -0.373 e. The van der Waals surface area contributed by atoms with Gasteiger partial charge in [0.2, 0.25) is 5.91 Å². The van der Waals surface area contributed by atoms with E-state index in [9.17, 15) is 4.79 Å². The van der Waals surface area contributed by atoms with Gasteiger partial charge in [-0.3, -0.25) is 4.79 Å². The normalized spacial score (nSPS) is 20.3. The molecule has 2 N–H and O–H groups in total. The highest BCUT2D eigenvalue weighted by Gasteiger charge is 2.20. The predicted molar refractivity (Wildman–Crippen MR) is 60.4 cm³/mol. The number of rotatable bonds is 8. The molecule has 1 unspecified atom stereocenters. The van der Waals surface area contributed by atoms with Crippen molar-refractivity contribution in [3.05, 3.63) is 11.6 Å². The Morgan fingerprint density at radius 2 is 2.07 bits per heavy atom. The van der Waals surface area contributed by atoms with Crippen LogP contribution in [0, 0.1) is 0 Å². The van der Waals surface area contributed by atoms with Crippen LogP contribution in [0.25, 0.3) is 0 Å². The number of nitrogens with two attached hydrogens (primary N) is 1. The maximum atomic E-state index is 10.7. The van der Waals surface area contributed by atoms with Crippen LogP contribution in [-0.4, -0.2) is 18.6 Å². The Balaban J connectivity index is 1.87. The van der Waals surface area contributed by atoms with E-state index in [1.807, 2.05) is 6.08 Å². The third kappa shape index (κ3) is 6.28. The maximum absolute atomic E-state index is 10.7. The lowest BCUT2D eigenvalue weighted by Crippen LogP contribution is -2.11. The smallest absolute Gasteiger partial charge is 0.244 e. The van der Waals surface area contributed by atoms with Crippen molar-refractivity contribution in [3.63, 3.8) is 0 Å². The molecule has 0 aromatic carbocycles. The lowest BCUT2D eigenvalue weighted by Gasteiger charge is -1.98. The number of allylic oxidation sites excluding steroid dienone is 1. The van der Waals surface area contributed by atoms with Crippen molar-refractivity contribution in [2.75, 3.05) is 6.61 Å². The van der Waals surface area contributed by atoms with Crippen LogP contribution >= 0.6 is 0 Å². The fraction of sp³-hybridized carbons (Fsp3) is 0.750. The predicted octanol–water partition coefficient (Wildman–Crippen LogP) is 2.16. The number of carbonyl (C=O) groups excluding carboxylic acids is 1. The van der Waals surface area contributed by atoms with Gasteiger partial charge >= 0.3 is 0 Å². The summed E-state index contributed by atoms with van der Waals surface area (Å²) in [6.45, 7) is 2.74. The Kier molecular flexibility index (Phi) is 5.40. The number of epoxide rings is 1. The molecule has 3 nitrogen and oxygen atoms in total. The largest absolute Gasteiger partial charge is 0.373 e. The highest BCUT2D eigenvalue weighted by atomic mass is 16.6. The lowest BCUT2D eigenvalue weighted by molar-refractivity contribution is -0.114. The van der Waals surface area contributed by atoms with E-state index in [4.69, 9.17) is 10.5 Å². The molecular weight excluding hydrogens is 190 g/mol. The summed E-state index contributed by atoms with van der Waals surface area (Å²) < 4.78 is 5.13. The second kappa shape index (κ2) is 6.62. The summed E-state index contributed by atoms with van der Waals surface area (Å²) in [5.74, 6) is -0.305. The summed E-state index contributed by atoms with van der Waals surface area (Å²) in [6, 6.07) is 0. The Labute approximate surface area is 91.7 Å². The van der Waals surface area contributed by atoms with Crippen molar-refractivity contribution in [1.29, 1.82) is 0 Å². The zero-order chi connectivity index (χ0) is 11.1. The molecular formula is C12H21NO2. The van der Waals surface area contributed by atoms with Crippen LogP contribution in [0.4, 0.5) is 0 Å². The van der Waals surface area contributed by atoms with E-state index >= 15 is 0 Å². The SMILES string of the molecule is CC(=CCCCCCCC1CO1)C(N)=O. The standard InChI is InChI=1S/C12H21NO2/c1-10(12(13)14)7-5-3-2-4-6-8-11-9-15-11/h7,11H,2-6,8-9H2,1H3,(H2,13,14). The molecule has 0 aliphatic carbocycles. The average molecular weight is 211 g/mol. The average Bonchev–Trinajstić information content (AvgIpc) is 2.99. The number of carbonyl (C=O) groups is 1. The van der Waals surface area contributed by atoms with Crippen LogP contribution in [0.1, 0.15) is 45.4 Å². The monoisotopic (exact) mass is 211 g/mol. The van der Waals surface area contributed by atoms with Crippen molar-refractivity contribution in [2.45, 2.75) is 51.6 Å². The maximum Gasteiger partial charge on any atom is 0.244 e. The minimum absolute atomic E-state index is 0.305. The van der Waals surface area contributed by atoms with Crippen molar-refractivity contribution in [3.8, 4) is 0 Å². The number of amides is 1. The molecule has 1 atom stereocenters. The molecule has 1 heterocycles. The minimum atomic E-state index is -0.305. The van der Waals surface area contributed by atoms with Gasteiger partial charge in [-0.15, -0.1) is 0 Å². The molecule has 3 heteroatoms. The quantitative estimate of drug-likeness (QED) is 0.380. The van der Waals surface area contributed by atoms with Crippen molar-refractivity contribution in [1.82, 2.24) is 0 Å². The Bertz CT molecular complexity index is 232. The zero-order valence-corrected chi connectivity index (χ0v) is 9.50. The van der Waals surface area contributed by atoms with Gasteiger partial charge in [-0.25, -0.2) is 0 Å². The summed E-state index contributed by atoms with van der Waals surface area (Å²) in [4.78, 5) is 10.7. The number of hydrogen-bond donors (Lipinski definition) is 1. The van der Waals surface area contributed by atoms with E-state index in [0.717, 1.165) is 19.4 Å². The van der Waals surface area contributed by atoms with Crippen LogP contribution < -0.4 is 5.73 Å². The summed E-state index contributed by atoms with van der Waals surface area (Å²) >= 11 is 0. The van der Waals surface area contributed by atoms with Gasteiger partial charge in [0.25, 0.3) is 0 Å². The molecule has 15 heavy (non-hydrogen) atoms. The van der Waals surface area contributed by atoms with Crippen LogP contribution in [0.2, 0.25) is 0 Å². The third-order valence-corrected chi connectivity index (χ3v) is 2.72. The van der Waals surface area contributed by atoms with Crippen LogP contribution in [0.3, 0.4) is 0 Å². The second-order valence-corrected chi connectivity index (χ2v) is 4.20. The van der Waals surface area contributed by atoms with Crippen LogP contribution in [0.15, 0.2) is 11.6 Å². The number of primary amides is 1. The van der Waals surface area contributed by atoms with Gasteiger partial charge in [0.15, 0.2) is 0 Å². The van der Waals surface area contributed by atoms with E-state index in [1.165, 1.54) is 25.7 Å². The molecule has 0 aromatic heterocycles. The Hall–Kier alpha value is -0.830. The molecule has 0 spiro atoms. The van der Waals surface area contributed by atoms with Gasteiger partial charge < -0.3 is 10.5 Å². The van der Waals surface area contributed by atoms with Gasteiger partial charge in [0.1, 0.15) is 0 Å². The molecule has 0 bridgehead atoms. The molecule has 1 rings (SSSR count).